The average molecular weight is 402 g/mol. The lowest BCUT2D eigenvalue weighted by Gasteiger charge is -2.11. The molecule has 0 saturated carbocycles. The van der Waals surface area contributed by atoms with Crippen LogP contribution in [-0.2, 0) is 24.0 Å². The first kappa shape index (κ1) is 21.5. The molecular weight excluding hydrogens is 374 g/mol. The number of H-pyrrole nitrogens is 1. The van der Waals surface area contributed by atoms with Gasteiger partial charge in [0.25, 0.3) is 5.56 Å². The summed E-state index contributed by atoms with van der Waals surface area (Å²) in [6.07, 6.45) is 3.97. The van der Waals surface area contributed by atoms with Crippen LogP contribution in [0.25, 0.3) is 11.1 Å². The van der Waals surface area contributed by atoms with Crippen molar-refractivity contribution in [3.63, 3.8) is 0 Å². The third-order valence-corrected chi connectivity index (χ3v) is 5.15. The van der Waals surface area contributed by atoms with Crippen LogP contribution in [0.2, 0.25) is 0 Å². The number of aromatic nitrogens is 2. The maximum Gasteiger partial charge on any atom is 0.254 e. The minimum Gasteiger partial charge on any atom is -0.384 e. The van der Waals surface area contributed by atoms with Gasteiger partial charge in [-0.2, -0.15) is 5.26 Å². The van der Waals surface area contributed by atoms with E-state index in [1.165, 1.54) is 0 Å². The molecule has 0 unspecified atom stereocenters. The predicted molar refractivity (Wildman–Crippen MR) is 118 cm³/mol. The van der Waals surface area contributed by atoms with E-state index in [-0.39, 0.29) is 5.56 Å². The van der Waals surface area contributed by atoms with E-state index in [9.17, 15) is 10.1 Å². The molecule has 2 aromatic carbocycles. The lowest BCUT2D eigenvalue weighted by atomic mass is 9.97. The summed E-state index contributed by atoms with van der Waals surface area (Å²) in [5, 5.41) is 9.33. The molecule has 5 nitrogen and oxygen atoms in total. The average Bonchev–Trinajstić information content (AvgIpc) is 2.78. The van der Waals surface area contributed by atoms with Crippen molar-refractivity contribution in [1.29, 1.82) is 5.26 Å². The molecule has 0 fully saturated rings. The van der Waals surface area contributed by atoms with E-state index in [4.69, 9.17) is 9.72 Å². The fourth-order valence-corrected chi connectivity index (χ4v) is 3.48. The SMILES string of the molecule is CCCCc1nc(CCOC)[nH]c(=O)c1Cc1ccc(-c2ccccc2C#N)cc1. The predicted octanol–water partition coefficient (Wildman–Crippen LogP) is 4.43. The molecule has 1 aromatic heterocycles. The van der Waals surface area contributed by atoms with Gasteiger partial charge in [-0.15, -0.1) is 0 Å². The smallest absolute Gasteiger partial charge is 0.254 e. The van der Waals surface area contributed by atoms with Crippen molar-refractivity contribution in [3.05, 3.63) is 87.1 Å². The highest BCUT2D eigenvalue weighted by atomic mass is 16.5. The zero-order chi connectivity index (χ0) is 21.3. The molecule has 0 atom stereocenters. The van der Waals surface area contributed by atoms with E-state index < -0.39 is 0 Å². The van der Waals surface area contributed by atoms with Crippen molar-refractivity contribution in [3.8, 4) is 17.2 Å². The monoisotopic (exact) mass is 401 g/mol. The number of hydrogen-bond donors (Lipinski definition) is 1. The number of ether oxygens (including phenoxy) is 1. The van der Waals surface area contributed by atoms with Gasteiger partial charge in [0, 0.05) is 25.5 Å². The van der Waals surface area contributed by atoms with Gasteiger partial charge in [0.1, 0.15) is 5.82 Å². The number of methoxy groups -OCH3 is 1. The van der Waals surface area contributed by atoms with Crippen LogP contribution in [0.5, 0.6) is 0 Å². The zero-order valence-corrected chi connectivity index (χ0v) is 17.6. The summed E-state index contributed by atoms with van der Waals surface area (Å²) >= 11 is 0. The van der Waals surface area contributed by atoms with Crippen LogP contribution in [0.15, 0.2) is 53.3 Å². The van der Waals surface area contributed by atoms with Gasteiger partial charge >= 0.3 is 0 Å². The number of nitrogens with one attached hydrogen (secondary N) is 1. The van der Waals surface area contributed by atoms with Crippen LogP contribution in [-0.4, -0.2) is 23.7 Å². The number of aryl methyl sites for hydroxylation is 1. The Morgan fingerprint density at radius 1 is 1.10 bits per heavy atom. The van der Waals surface area contributed by atoms with Crippen molar-refractivity contribution < 1.29 is 4.74 Å². The Bertz CT molecular complexity index is 1080. The van der Waals surface area contributed by atoms with Crippen molar-refractivity contribution in [2.75, 3.05) is 13.7 Å². The Morgan fingerprint density at radius 2 is 1.87 bits per heavy atom. The maximum absolute atomic E-state index is 12.8. The molecule has 0 aliphatic rings. The third-order valence-electron chi connectivity index (χ3n) is 5.15. The first-order valence-corrected chi connectivity index (χ1v) is 10.3. The van der Waals surface area contributed by atoms with Crippen LogP contribution in [0.4, 0.5) is 0 Å². The fourth-order valence-electron chi connectivity index (χ4n) is 3.48. The number of benzene rings is 2. The molecule has 30 heavy (non-hydrogen) atoms. The Balaban J connectivity index is 1.88. The van der Waals surface area contributed by atoms with Gasteiger partial charge in [-0.3, -0.25) is 4.79 Å². The zero-order valence-electron chi connectivity index (χ0n) is 17.6. The fraction of sp³-hybridized carbons (Fsp3) is 0.320. The summed E-state index contributed by atoms with van der Waals surface area (Å²) in [6, 6.07) is 17.9. The highest BCUT2D eigenvalue weighted by Gasteiger charge is 2.13. The molecule has 1 heterocycles. The molecule has 1 N–H and O–H groups in total. The Kier molecular flexibility index (Phi) is 7.53. The number of nitrogens with zero attached hydrogens (tertiary/aromatic N) is 2. The number of rotatable bonds is 9. The molecule has 0 aliphatic carbocycles. The molecule has 0 saturated heterocycles. The van der Waals surface area contributed by atoms with Crippen LogP contribution in [0, 0.1) is 11.3 Å². The molecule has 0 radical (unpaired) electrons. The summed E-state index contributed by atoms with van der Waals surface area (Å²) in [6.45, 7) is 2.66. The first-order chi connectivity index (χ1) is 14.7. The molecular formula is C25H27N3O2. The number of hydrogen-bond acceptors (Lipinski definition) is 4. The summed E-state index contributed by atoms with van der Waals surface area (Å²) < 4.78 is 5.11. The molecule has 3 rings (SSSR count). The number of nitriles is 1. The second-order valence-electron chi connectivity index (χ2n) is 7.32. The van der Waals surface area contributed by atoms with Crippen molar-refractivity contribution in [2.45, 2.75) is 39.0 Å². The number of unbranched alkanes of at least 4 members (excludes halogenated alkanes) is 1. The van der Waals surface area contributed by atoms with Crippen LogP contribution in [0.3, 0.4) is 0 Å². The summed E-state index contributed by atoms with van der Waals surface area (Å²) in [4.78, 5) is 20.4. The molecule has 0 spiro atoms. The summed E-state index contributed by atoms with van der Waals surface area (Å²) in [5.74, 6) is 0.681. The van der Waals surface area contributed by atoms with Crippen LogP contribution < -0.4 is 5.56 Å². The third kappa shape index (κ3) is 5.22. The molecule has 0 aliphatic heterocycles. The molecule has 5 heteroatoms. The van der Waals surface area contributed by atoms with E-state index in [0.29, 0.717) is 30.8 Å². The summed E-state index contributed by atoms with van der Waals surface area (Å²) in [7, 11) is 1.64. The van der Waals surface area contributed by atoms with Gasteiger partial charge in [-0.25, -0.2) is 4.98 Å². The standard InChI is InChI=1S/C25H27N3O2/c1-3-4-9-23-22(25(29)28-24(27-23)14-15-30-2)16-18-10-12-19(13-11-18)21-8-6-5-7-20(21)17-26/h5-8,10-13H,3-4,9,14-16H2,1-2H3,(H,27,28,29). The second-order valence-corrected chi connectivity index (χ2v) is 7.32. The summed E-state index contributed by atoms with van der Waals surface area (Å²) in [5.41, 5.74) is 5.14. The Hall–Kier alpha value is -3.23. The lowest BCUT2D eigenvalue weighted by Crippen LogP contribution is -2.21. The van der Waals surface area contributed by atoms with Crippen molar-refractivity contribution in [1.82, 2.24) is 9.97 Å². The van der Waals surface area contributed by atoms with E-state index in [0.717, 1.165) is 47.2 Å². The highest BCUT2D eigenvalue weighted by Crippen LogP contribution is 2.24. The largest absolute Gasteiger partial charge is 0.384 e. The minimum absolute atomic E-state index is 0.0684. The van der Waals surface area contributed by atoms with Gasteiger partial charge in [-0.05, 0) is 35.6 Å². The van der Waals surface area contributed by atoms with Gasteiger partial charge in [0.2, 0.25) is 0 Å². The first-order valence-electron chi connectivity index (χ1n) is 10.3. The lowest BCUT2D eigenvalue weighted by molar-refractivity contribution is 0.200. The quantitative estimate of drug-likeness (QED) is 0.575. The van der Waals surface area contributed by atoms with Crippen LogP contribution >= 0.6 is 0 Å². The van der Waals surface area contributed by atoms with E-state index in [1.807, 2.05) is 48.5 Å². The minimum atomic E-state index is -0.0684. The van der Waals surface area contributed by atoms with Crippen LogP contribution in [0.1, 0.15) is 48.0 Å². The van der Waals surface area contributed by atoms with E-state index in [2.05, 4.69) is 18.0 Å². The topological polar surface area (TPSA) is 78.8 Å². The van der Waals surface area contributed by atoms with Gasteiger partial charge in [0.05, 0.1) is 23.9 Å². The molecule has 154 valence electrons. The second kappa shape index (κ2) is 10.5. The number of aromatic amines is 1. The maximum atomic E-state index is 12.8. The van der Waals surface area contributed by atoms with Crippen molar-refractivity contribution >= 4 is 0 Å². The van der Waals surface area contributed by atoms with E-state index in [1.54, 1.807) is 7.11 Å². The Labute approximate surface area is 177 Å². The molecule has 0 amide bonds. The molecule has 3 aromatic rings. The van der Waals surface area contributed by atoms with Gasteiger partial charge < -0.3 is 9.72 Å². The van der Waals surface area contributed by atoms with Gasteiger partial charge in [-0.1, -0.05) is 55.8 Å². The van der Waals surface area contributed by atoms with E-state index >= 15 is 0 Å². The molecule has 0 bridgehead atoms. The van der Waals surface area contributed by atoms with Crippen molar-refractivity contribution in [2.24, 2.45) is 0 Å². The normalized spacial score (nSPS) is 10.7. The Morgan fingerprint density at radius 3 is 2.57 bits per heavy atom. The highest BCUT2D eigenvalue weighted by molar-refractivity contribution is 5.70. The van der Waals surface area contributed by atoms with Gasteiger partial charge in [0.15, 0.2) is 0 Å².